The summed E-state index contributed by atoms with van der Waals surface area (Å²) in [7, 11) is 2.08. The van der Waals surface area contributed by atoms with Crippen molar-refractivity contribution in [3.05, 3.63) is 23.8 Å². The summed E-state index contributed by atoms with van der Waals surface area (Å²) in [6.07, 6.45) is 0. The Labute approximate surface area is 119 Å². The van der Waals surface area contributed by atoms with Crippen LogP contribution < -0.4 is 4.74 Å². The summed E-state index contributed by atoms with van der Waals surface area (Å²) in [6.45, 7) is 6.48. The summed E-state index contributed by atoms with van der Waals surface area (Å²) in [4.78, 5) is 16.7. The normalized spacial score (nSPS) is 17.1. The third-order valence-corrected chi connectivity index (χ3v) is 3.54. The van der Waals surface area contributed by atoms with E-state index in [2.05, 4.69) is 16.8 Å². The van der Waals surface area contributed by atoms with Gasteiger partial charge in [-0.05, 0) is 32.2 Å². The molecular formula is C15H22N2O3. The molecule has 0 unspecified atom stereocenters. The van der Waals surface area contributed by atoms with E-state index in [1.807, 2.05) is 6.92 Å². The molecular weight excluding hydrogens is 256 g/mol. The van der Waals surface area contributed by atoms with Gasteiger partial charge in [0.1, 0.15) is 11.5 Å². The summed E-state index contributed by atoms with van der Waals surface area (Å²) in [5, 5.41) is 9.84. The monoisotopic (exact) mass is 278 g/mol. The molecule has 1 heterocycles. The Morgan fingerprint density at radius 3 is 2.65 bits per heavy atom. The van der Waals surface area contributed by atoms with Gasteiger partial charge in [0.15, 0.2) is 5.78 Å². The Balaban J connectivity index is 2.03. The van der Waals surface area contributed by atoms with Crippen LogP contribution in [0, 0.1) is 0 Å². The van der Waals surface area contributed by atoms with Crippen LogP contribution in [0.4, 0.5) is 0 Å². The summed E-state index contributed by atoms with van der Waals surface area (Å²) in [5.41, 5.74) is 0.342. The van der Waals surface area contributed by atoms with E-state index in [-0.39, 0.29) is 11.5 Å². The third kappa shape index (κ3) is 3.71. The maximum absolute atomic E-state index is 12.3. The number of benzene rings is 1. The lowest BCUT2D eigenvalue weighted by Gasteiger charge is -2.31. The number of carbonyl (C=O) groups is 1. The van der Waals surface area contributed by atoms with E-state index in [1.165, 1.54) is 6.07 Å². The van der Waals surface area contributed by atoms with E-state index in [1.54, 1.807) is 12.1 Å². The molecule has 1 aromatic rings. The van der Waals surface area contributed by atoms with Gasteiger partial charge in [-0.3, -0.25) is 9.69 Å². The minimum absolute atomic E-state index is 0.0209. The summed E-state index contributed by atoms with van der Waals surface area (Å²) >= 11 is 0. The van der Waals surface area contributed by atoms with Crippen molar-refractivity contribution >= 4 is 5.78 Å². The van der Waals surface area contributed by atoms with E-state index in [0.717, 1.165) is 26.2 Å². The van der Waals surface area contributed by atoms with Crippen LogP contribution in [0.15, 0.2) is 18.2 Å². The number of ketones is 1. The van der Waals surface area contributed by atoms with Crippen molar-refractivity contribution in [3.8, 4) is 11.5 Å². The molecule has 1 aliphatic rings. The van der Waals surface area contributed by atoms with Crippen molar-refractivity contribution in [2.45, 2.75) is 6.92 Å². The van der Waals surface area contributed by atoms with Crippen molar-refractivity contribution in [1.29, 1.82) is 0 Å². The molecule has 2 rings (SSSR count). The van der Waals surface area contributed by atoms with Crippen molar-refractivity contribution in [3.63, 3.8) is 0 Å². The SMILES string of the molecule is CCOc1ccc(O)c(C(=O)CN2CCN(C)CC2)c1. The lowest BCUT2D eigenvalue weighted by atomic mass is 10.1. The van der Waals surface area contributed by atoms with Crippen molar-refractivity contribution < 1.29 is 14.6 Å². The number of aromatic hydroxyl groups is 1. The fourth-order valence-corrected chi connectivity index (χ4v) is 2.29. The quantitative estimate of drug-likeness (QED) is 0.821. The predicted molar refractivity (Wildman–Crippen MR) is 77.5 cm³/mol. The average molecular weight is 278 g/mol. The molecule has 5 heteroatoms. The van der Waals surface area contributed by atoms with Gasteiger partial charge >= 0.3 is 0 Å². The number of phenols is 1. The first kappa shape index (κ1) is 14.8. The first-order chi connectivity index (χ1) is 9.60. The number of rotatable bonds is 5. The highest BCUT2D eigenvalue weighted by atomic mass is 16.5. The molecule has 1 aliphatic heterocycles. The minimum atomic E-state index is -0.0615. The molecule has 0 bridgehead atoms. The highest BCUT2D eigenvalue weighted by Crippen LogP contribution is 2.24. The summed E-state index contributed by atoms with van der Waals surface area (Å²) in [5.74, 6) is 0.577. The number of hydrogen-bond donors (Lipinski definition) is 1. The van der Waals surface area contributed by atoms with Crippen LogP contribution in [0.5, 0.6) is 11.5 Å². The Morgan fingerprint density at radius 2 is 2.00 bits per heavy atom. The number of carbonyl (C=O) groups excluding carboxylic acids is 1. The molecule has 110 valence electrons. The molecule has 0 saturated carbocycles. The van der Waals surface area contributed by atoms with Crippen LogP contribution in [-0.2, 0) is 0 Å². The Kier molecular flexibility index (Phi) is 4.98. The number of hydrogen-bond acceptors (Lipinski definition) is 5. The number of phenolic OH excluding ortho intramolecular Hbond substituents is 1. The van der Waals surface area contributed by atoms with E-state index >= 15 is 0 Å². The van der Waals surface area contributed by atoms with Gasteiger partial charge in [0.2, 0.25) is 0 Å². The second-order valence-electron chi connectivity index (χ2n) is 5.11. The van der Waals surface area contributed by atoms with Crippen LogP contribution in [-0.4, -0.2) is 67.1 Å². The molecule has 0 aromatic heterocycles. The van der Waals surface area contributed by atoms with E-state index in [4.69, 9.17) is 4.74 Å². The van der Waals surface area contributed by atoms with Gasteiger partial charge in [0.05, 0.1) is 18.7 Å². The topological polar surface area (TPSA) is 53.0 Å². The molecule has 0 radical (unpaired) electrons. The van der Waals surface area contributed by atoms with Gasteiger partial charge in [-0.25, -0.2) is 0 Å². The Hall–Kier alpha value is -1.59. The first-order valence-corrected chi connectivity index (χ1v) is 7.00. The zero-order valence-corrected chi connectivity index (χ0v) is 12.1. The number of ether oxygens (including phenoxy) is 1. The highest BCUT2D eigenvalue weighted by Gasteiger charge is 2.19. The van der Waals surface area contributed by atoms with Gasteiger partial charge < -0.3 is 14.7 Å². The lowest BCUT2D eigenvalue weighted by molar-refractivity contribution is 0.0873. The second-order valence-corrected chi connectivity index (χ2v) is 5.11. The van der Waals surface area contributed by atoms with Crippen molar-refractivity contribution in [2.75, 3.05) is 46.4 Å². The number of likely N-dealkylation sites (N-methyl/N-ethyl adjacent to an activating group) is 1. The van der Waals surface area contributed by atoms with E-state index in [0.29, 0.717) is 24.5 Å². The van der Waals surface area contributed by atoms with Crippen molar-refractivity contribution in [2.24, 2.45) is 0 Å². The van der Waals surface area contributed by atoms with E-state index in [9.17, 15) is 9.90 Å². The van der Waals surface area contributed by atoms with Gasteiger partial charge in [0, 0.05) is 26.2 Å². The Morgan fingerprint density at radius 1 is 1.30 bits per heavy atom. The zero-order valence-electron chi connectivity index (χ0n) is 12.1. The molecule has 0 amide bonds. The number of Topliss-reactive ketones (excluding diaryl/α,β-unsaturated/α-hetero) is 1. The van der Waals surface area contributed by atoms with Gasteiger partial charge in [-0.1, -0.05) is 0 Å². The zero-order chi connectivity index (χ0) is 14.5. The molecule has 20 heavy (non-hydrogen) atoms. The molecule has 1 N–H and O–H groups in total. The molecule has 1 saturated heterocycles. The Bertz CT molecular complexity index is 468. The van der Waals surface area contributed by atoms with Crippen LogP contribution in [0.1, 0.15) is 17.3 Å². The maximum atomic E-state index is 12.3. The van der Waals surface area contributed by atoms with Gasteiger partial charge in [-0.15, -0.1) is 0 Å². The number of nitrogens with zero attached hydrogens (tertiary/aromatic N) is 2. The lowest BCUT2D eigenvalue weighted by Crippen LogP contribution is -2.46. The molecule has 0 atom stereocenters. The largest absolute Gasteiger partial charge is 0.507 e. The highest BCUT2D eigenvalue weighted by molar-refractivity contribution is 6.00. The maximum Gasteiger partial charge on any atom is 0.180 e. The molecule has 1 aromatic carbocycles. The van der Waals surface area contributed by atoms with Gasteiger partial charge in [0.25, 0.3) is 0 Å². The first-order valence-electron chi connectivity index (χ1n) is 7.00. The third-order valence-electron chi connectivity index (χ3n) is 3.54. The summed E-state index contributed by atoms with van der Waals surface area (Å²) < 4.78 is 5.37. The van der Waals surface area contributed by atoms with Crippen molar-refractivity contribution in [1.82, 2.24) is 9.80 Å². The fourth-order valence-electron chi connectivity index (χ4n) is 2.29. The smallest absolute Gasteiger partial charge is 0.180 e. The molecule has 0 aliphatic carbocycles. The summed E-state index contributed by atoms with van der Waals surface area (Å²) in [6, 6.07) is 4.81. The second kappa shape index (κ2) is 6.72. The molecule has 5 nitrogen and oxygen atoms in total. The van der Waals surface area contributed by atoms with Crippen LogP contribution in [0.25, 0.3) is 0 Å². The van der Waals surface area contributed by atoms with Gasteiger partial charge in [-0.2, -0.15) is 0 Å². The predicted octanol–water partition coefficient (Wildman–Crippen LogP) is 1.22. The van der Waals surface area contributed by atoms with E-state index < -0.39 is 0 Å². The number of piperazine rings is 1. The average Bonchev–Trinajstić information content (AvgIpc) is 2.43. The van der Waals surface area contributed by atoms with Crippen LogP contribution >= 0.6 is 0 Å². The fraction of sp³-hybridized carbons (Fsp3) is 0.533. The van der Waals surface area contributed by atoms with Crippen LogP contribution in [0.2, 0.25) is 0 Å². The molecule has 1 fully saturated rings. The minimum Gasteiger partial charge on any atom is -0.507 e. The van der Waals surface area contributed by atoms with Crippen LogP contribution in [0.3, 0.4) is 0 Å². The molecule has 0 spiro atoms. The standard InChI is InChI=1S/C15H22N2O3/c1-3-20-12-4-5-14(18)13(10-12)15(19)11-17-8-6-16(2)7-9-17/h4-5,10,18H,3,6-9,11H2,1-2H3.